The second-order valence-electron chi connectivity index (χ2n) is 7.18. The molecule has 1 fully saturated rings. The van der Waals surface area contributed by atoms with E-state index in [1.54, 1.807) is 20.8 Å². The zero-order valence-electron chi connectivity index (χ0n) is 16.5. The lowest BCUT2D eigenvalue weighted by atomic mass is 10.2. The molecule has 0 bridgehead atoms. The molecule has 0 radical (unpaired) electrons. The minimum Gasteiger partial charge on any atom is -0.372 e. The van der Waals surface area contributed by atoms with Crippen molar-refractivity contribution in [3.05, 3.63) is 59.0 Å². The van der Waals surface area contributed by atoms with Crippen LogP contribution >= 0.6 is 0 Å². The Morgan fingerprint density at radius 3 is 2.62 bits per heavy atom. The topological polar surface area (TPSA) is 114 Å². The Morgan fingerprint density at radius 2 is 2.00 bits per heavy atom. The fraction of sp³-hybridized carbons (Fsp3) is 0.421. The molecule has 0 unspecified atom stereocenters. The van der Waals surface area contributed by atoms with Gasteiger partial charge in [0.2, 0.25) is 10.0 Å². The van der Waals surface area contributed by atoms with E-state index in [4.69, 9.17) is 9.26 Å². The molecule has 1 aliphatic heterocycles. The number of ether oxygens (including phenoxy) is 1. The SMILES string of the molecule is Cc1nc([C@@H]2C[C@H](OCc3ccccc3)CN2S(=O)(=O)c2c(C)noc2C)n[nH]1. The monoisotopic (exact) mass is 417 g/mol. The highest BCUT2D eigenvalue weighted by atomic mass is 32.2. The molecule has 4 rings (SSSR count). The van der Waals surface area contributed by atoms with E-state index in [0.29, 0.717) is 30.4 Å². The van der Waals surface area contributed by atoms with Gasteiger partial charge in [-0.15, -0.1) is 0 Å². The molecule has 9 nitrogen and oxygen atoms in total. The molecule has 1 saturated heterocycles. The summed E-state index contributed by atoms with van der Waals surface area (Å²) in [6.45, 7) is 5.61. The first-order chi connectivity index (χ1) is 13.9. The number of hydrogen-bond donors (Lipinski definition) is 1. The van der Waals surface area contributed by atoms with Crippen molar-refractivity contribution in [1.82, 2.24) is 24.6 Å². The van der Waals surface area contributed by atoms with Gasteiger partial charge in [0, 0.05) is 6.54 Å². The predicted octanol–water partition coefficient (Wildman–Crippen LogP) is 2.44. The molecule has 154 valence electrons. The Morgan fingerprint density at radius 1 is 1.24 bits per heavy atom. The summed E-state index contributed by atoms with van der Waals surface area (Å²) in [5.41, 5.74) is 1.37. The van der Waals surface area contributed by atoms with E-state index in [2.05, 4.69) is 20.3 Å². The maximum Gasteiger partial charge on any atom is 0.249 e. The quantitative estimate of drug-likeness (QED) is 0.655. The molecule has 1 aliphatic rings. The molecule has 29 heavy (non-hydrogen) atoms. The van der Waals surface area contributed by atoms with Gasteiger partial charge in [0.15, 0.2) is 11.6 Å². The van der Waals surface area contributed by atoms with E-state index in [9.17, 15) is 8.42 Å². The Kier molecular flexibility index (Phi) is 5.24. The lowest BCUT2D eigenvalue weighted by molar-refractivity contribution is 0.0501. The lowest BCUT2D eigenvalue weighted by Gasteiger charge is -2.21. The average Bonchev–Trinajstić information content (AvgIpc) is 3.40. The molecular weight excluding hydrogens is 394 g/mol. The predicted molar refractivity (Wildman–Crippen MR) is 103 cm³/mol. The number of aromatic nitrogens is 4. The molecule has 0 spiro atoms. The fourth-order valence-corrected chi connectivity index (χ4v) is 5.57. The van der Waals surface area contributed by atoms with Crippen LogP contribution < -0.4 is 0 Å². The van der Waals surface area contributed by atoms with E-state index in [1.165, 1.54) is 4.31 Å². The van der Waals surface area contributed by atoms with Crippen LogP contribution in [0.5, 0.6) is 0 Å². The van der Waals surface area contributed by atoms with Crippen LogP contribution in [0.15, 0.2) is 39.8 Å². The summed E-state index contributed by atoms with van der Waals surface area (Å²) in [5.74, 6) is 1.33. The molecule has 2 aromatic heterocycles. The maximum atomic E-state index is 13.5. The van der Waals surface area contributed by atoms with Gasteiger partial charge < -0.3 is 9.26 Å². The largest absolute Gasteiger partial charge is 0.372 e. The zero-order valence-corrected chi connectivity index (χ0v) is 17.3. The van der Waals surface area contributed by atoms with Gasteiger partial charge in [0.25, 0.3) is 0 Å². The molecule has 3 heterocycles. The summed E-state index contributed by atoms with van der Waals surface area (Å²) in [5, 5.41) is 10.8. The van der Waals surface area contributed by atoms with Crippen molar-refractivity contribution in [2.24, 2.45) is 0 Å². The summed E-state index contributed by atoms with van der Waals surface area (Å²) in [6, 6.07) is 9.26. The third-order valence-corrected chi connectivity index (χ3v) is 7.11. The molecule has 0 amide bonds. The van der Waals surface area contributed by atoms with Gasteiger partial charge in [-0.2, -0.15) is 9.40 Å². The Hall–Kier alpha value is -2.56. The molecule has 2 atom stereocenters. The number of rotatable bonds is 6. The Labute approximate surface area is 169 Å². The van der Waals surface area contributed by atoms with Gasteiger partial charge in [-0.05, 0) is 32.8 Å². The van der Waals surface area contributed by atoms with Crippen molar-refractivity contribution < 1.29 is 17.7 Å². The van der Waals surface area contributed by atoms with Gasteiger partial charge in [0.1, 0.15) is 16.4 Å². The number of H-pyrrole nitrogens is 1. The van der Waals surface area contributed by atoms with Gasteiger partial charge in [-0.3, -0.25) is 5.10 Å². The number of hydrogen-bond acceptors (Lipinski definition) is 7. The second kappa shape index (κ2) is 7.69. The summed E-state index contributed by atoms with van der Waals surface area (Å²) < 4.78 is 39.4. The minimum atomic E-state index is -3.86. The van der Waals surface area contributed by atoms with Crippen molar-refractivity contribution in [3.8, 4) is 0 Å². The molecule has 1 aromatic carbocycles. The second-order valence-corrected chi connectivity index (χ2v) is 9.00. The average molecular weight is 417 g/mol. The van der Waals surface area contributed by atoms with Crippen LogP contribution in [0.2, 0.25) is 0 Å². The van der Waals surface area contributed by atoms with Gasteiger partial charge in [-0.1, -0.05) is 35.5 Å². The highest BCUT2D eigenvalue weighted by Gasteiger charge is 2.45. The van der Waals surface area contributed by atoms with Gasteiger partial charge in [-0.25, -0.2) is 13.4 Å². The molecule has 0 saturated carbocycles. The van der Waals surface area contributed by atoms with E-state index < -0.39 is 16.1 Å². The smallest absolute Gasteiger partial charge is 0.249 e. The molecule has 1 N–H and O–H groups in total. The van der Waals surface area contributed by atoms with E-state index in [0.717, 1.165) is 5.56 Å². The third kappa shape index (κ3) is 3.83. The van der Waals surface area contributed by atoms with Crippen LogP contribution in [0.4, 0.5) is 0 Å². The van der Waals surface area contributed by atoms with Gasteiger partial charge >= 0.3 is 0 Å². The van der Waals surface area contributed by atoms with E-state index in [1.807, 2.05) is 30.3 Å². The molecule has 3 aromatic rings. The van der Waals surface area contributed by atoms with Crippen molar-refractivity contribution >= 4 is 10.0 Å². The van der Waals surface area contributed by atoms with Gasteiger partial charge in [0.05, 0.1) is 18.8 Å². The Balaban J connectivity index is 1.62. The standard InChI is InChI=1S/C19H23N5O4S/c1-12-18(13(2)28-23-12)29(25,26)24-10-16(27-11-15-7-5-4-6-8-15)9-17(24)19-20-14(3)21-22-19/h4-8,16-17H,9-11H2,1-3H3,(H,20,21,22)/t16-,17-/m0/s1. The summed E-state index contributed by atoms with van der Waals surface area (Å²) in [6.07, 6.45) is 0.182. The van der Waals surface area contributed by atoms with Crippen molar-refractivity contribution in [2.45, 2.75) is 50.8 Å². The third-order valence-electron chi connectivity index (χ3n) is 4.99. The van der Waals surface area contributed by atoms with E-state index >= 15 is 0 Å². The summed E-state index contributed by atoms with van der Waals surface area (Å²) in [7, 11) is -3.86. The van der Waals surface area contributed by atoms with Crippen LogP contribution in [0.25, 0.3) is 0 Å². The number of sulfonamides is 1. The molecular formula is C19H23N5O4S. The zero-order chi connectivity index (χ0) is 20.6. The normalized spacial score (nSPS) is 20.4. The molecule has 10 heteroatoms. The number of aromatic amines is 1. The molecule has 0 aliphatic carbocycles. The summed E-state index contributed by atoms with van der Waals surface area (Å²) in [4.78, 5) is 4.46. The van der Waals surface area contributed by atoms with Crippen LogP contribution in [-0.4, -0.2) is 45.7 Å². The number of benzene rings is 1. The fourth-order valence-electron chi connectivity index (χ4n) is 3.65. The number of nitrogens with zero attached hydrogens (tertiary/aromatic N) is 4. The van der Waals surface area contributed by atoms with E-state index in [-0.39, 0.29) is 23.3 Å². The number of aryl methyl sites for hydroxylation is 3. The van der Waals surface area contributed by atoms with Crippen LogP contribution in [-0.2, 0) is 21.4 Å². The minimum absolute atomic E-state index is 0.0958. The number of nitrogens with one attached hydrogen (secondary N) is 1. The lowest BCUT2D eigenvalue weighted by Crippen LogP contribution is -2.33. The van der Waals surface area contributed by atoms with Crippen LogP contribution in [0, 0.1) is 20.8 Å². The highest BCUT2D eigenvalue weighted by Crippen LogP contribution is 2.38. The first kappa shape index (κ1) is 19.7. The highest BCUT2D eigenvalue weighted by molar-refractivity contribution is 7.89. The first-order valence-corrected chi connectivity index (χ1v) is 10.8. The van der Waals surface area contributed by atoms with Crippen LogP contribution in [0.1, 0.15) is 41.1 Å². The first-order valence-electron chi connectivity index (χ1n) is 9.35. The Bertz CT molecular complexity index is 1070. The van der Waals surface area contributed by atoms with Crippen molar-refractivity contribution in [3.63, 3.8) is 0 Å². The summed E-state index contributed by atoms with van der Waals surface area (Å²) >= 11 is 0. The van der Waals surface area contributed by atoms with Crippen LogP contribution in [0.3, 0.4) is 0 Å². The van der Waals surface area contributed by atoms with Crippen molar-refractivity contribution in [1.29, 1.82) is 0 Å². The van der Waals surface area contributed by atoms with Crippen molar-refractivity contribution in [2.75, 3.05) is 6.54 Å². The maximum absolute atomic E-state index is 13.5.